The van der Waals surface area contributed by atoms with Gasteiger partial charge in [-0.25, -0.2) is 18.1 Å². The monoisotopic (exact) mass is 382 g/mol. The van der Waals surface area contributed by atoms with Gasteiger partial charge in [0.15, 0.2) is 0 Å². The molecular weight excluding hydrogens is 360 g/mol. The van der Waals surface area contributed by atoms with Crippen LogP contribution in [0.3, 0.4) is 0 Å². The van der Waals surface area contributed by atoms with Crippen LogP contribution in [0.5, 0.6) is 5.75 Å². The summed E-state index contributed by atoms with van der Waals surface area (Å²) >= 11 is 1.56. The Labute approximate surface area is 152 Å². The van der Waals surface area contributed by atoms with E-state index in [0.29, 0.717) is 26.2 Å². The minimum atomic E-state index is -3.23. The Balaban J connectivity index is 1.59. The molecule has 0 radical (unpaired) electrons. The van der Waals surface area contributed by atoms with Crippen LogP contribution in [0.15, 0.2) is 35.2 Å². The number of benzene rings is 1. The van der Waals surface area contributed by atoms with Crippen molar-refractivity contribution in [2.45, 2.75) is 19.4 Å². The molecule has 3 rings (SSSR count). The van der Waals surface area contributed by atoms with Gasteiger partial charge >= 0.3 is 0 Å². The van der Waals surface area contributed by atoms with E-state index in [4.69, 9.17) is 9.47 Å². The fourth-order valence-corrected chi connectivity index (χ4v) is 4.21. The first-order valence-electron chi connectivity index (χ1n) is 8.26. The molecular formula is C17H22N2O4S2. The van der Waals surface area contributed by atoms with Gasteiger partial charge in [0.2, 0.25) is 10.0 Å². The van der Waals surface area contributed by atoms with Crippen molar-refractivity contribution in [1.29, 1.82) is 0 Å². The lowest BCUT2D eigenvalue weighted by Gasteiger charge is -2.31. The van der Waals surface area contributed by atoms with Crippen molar-refractivity contribution in [3.8, 4) is 17.0 Å². The van der Waals surface area contributed by atoms with Crippen LogP contribution in [-0.4, -0.2) is 45.0 Å². The lowest BCUT2D eigenvalue weighted by Crippen LogP contribution is -2.47. The van der Waals surface area contributed by atoms with Gasteiger partial charge in [-0.2, -0.15) is 0 Å². The Morgan fingerprint density at radius 1 is 1.36 bits per heavy atom. The van der Waals surface area contributed by atoms with Crippen LogP contribution in [0.1, 0.15) is 13.3 Å². The second kappa shape index (κ2) is 8.27. The molecule has 1 aliphatic rings. The van der Waals surface area contributed by atoms with E-state index in [1.807, 2.05) is 29.6 Å². The Kier molecular flexibility index (Phi) is 6.06. The third-order valence-electron chi connectivity index (χ3n) is 4.23. The normalized spacial score (nSPS) is 21.2. The first-order chi connectivity index (χ1) is 12.1. The predicted molar refractivity (Wildman–Crippen MR) is 98.4 cm³/mol. The fraction of sp³-hybridized carbons (Fsp3) is 0.471. The summed E-state index contributed by atoms with van der Waals surface area (Å²) in [5, 5.41) is 2.00. The molecule has 2 aromatic rings. The van der Waals surface area contributed by atoms with E-state index >= 15 is 0 Å². The van der Waals surface area contributed by atoms with Gasteiger partial charge < -0.3 is 9.47 Å². The molecule has 2 atom stereocenters. The number of sulfonamides is 1. The standard InChI is InChI=1S/C17H22N2O4S2/c1-2-25(20,21)19-16-7-8-22-9-14(16)10-23-15-5-3-13(4-6-15)17-11-24-12-18-17/h3-6,11-12,14,16,19H,2,7-10H2,1H3. The molecule has 2 unspecified atom stereocenters. The quantitative estimate of drug-likeness (QED) is 0.796. The smallest absolute Gasteiger partial charge is 0.211 e. The minimum Gasteiger partial charge on any atom is -0.493 e. The third-order valence-corrected chi connectivity index (χ3v) is 6.24. The number of nitrogens with one attached hydrogen (secondary N) is 1. The zero-order valence-electron chi connectivity index (χ0n) is 14.1. The van der Waals surface area contributed by atoms with Crippen LogP contribution in [0.4, 0.5) is 0 Å². The highest BCUT2D eigenvalue weighted by Gasteiger charge is 2.29. The summed E-state index contributed by atoms with van der Waals surface area (Å²) in [6, 6.07) is 7.61. The molecule has 1 fully saturated rings. The number of ether oxygens (including phenoxy) is 2. The Bertz CT molecular complexity index is 760. The zero-order valence-corrected chi connectivity index (χ0v) is 15.7. The molecule has 25 heavy (non-hydrogen) atoms. The maximum absolute atomic E-state index is 11.8. The Morgan fingerprint density at radius 3 is 2.84 bits per heavy atom. The summed E-state index contributed by atoms with van der Waals surface area (Å²) in [6.45, 7) is 3.10. The van der Waals surface area contributed by atoms with Gasteiger partial charge in [0.25, 0.3) is 0 Å². The van der Waals surface area contributed by atoms with Gasteiger partial charge in [0, 0.05) is 29.5 Å². The van der Waals surface area contributed by atoms with E-state index < -0.39 is 10.0 Å². The zero-order chi connectivity index (χ0) is 17.7. The molecule has 0 amide bonds. The van der Waals surface area contributed by atoms with Crippen molar-refractivity contribution in [1.82, 2.24) is 9.71 Å². The van der Waals surface area contributed by atoms with Gasteiger partial charge in [0.05, 0.1) is 30.2 Å². The average molecular weight is 383 g/mol. The van der Waals surface area contributed by atoms with Gasteiger partial charge in [-0.1, -0.05) is 0 Å². The van der Waals surface area contributed by atoms with Crippen LogP contribution >= 0.6 is 11.3 Å². The molecule has 1 N–H and O–H groups in total. The summed E-state index contributed by atoms with van der Waals surface area (Å²) < 4.78 is 37.8. The molecule has 6 nitrogen and oxygen atoms in total. The van der Waals surface area contributed by atoms with E-state index in [9.17, 15) is 8.42 Å². The van der Waals surface area contributed by atoms with E-state index in [0.717, 1.165) is 17.0 Å². The van der Waals surface area contributed by atoms with Crippen LogP contribution in [0, 0.1) is 5.92 Å². The fourth-order valence-electron chi connectivity index (χ4n) is 2.71. The van der Waals surface area contributed by atoms with Crippen LogP contribution in [0.2, 0.25) is 0 Å². The Hall–Kier alpha value is -1.48. The molecule has 8 heteroatoms. The van der Waals surface area contributed by atoms with Crippen molar-refractivity contribution in [2.24, 2.45) is 5.92 Å². The van der Waals surface area contributed by atoms with Gasteiger partial charge in [0.1, 0.15) is 5.75 Å². The van der Waals surface area contributed by atoms with Crippen LogP contribution < -0.4 is 9.46 Å². The molecule has 0 saturated carbocycles. The maximum Gasteiger partial charge on any atom is 0.211 e. The van der Waals surface area contributed by atoms with E-state index in [1.54, 1.807) is 23.8 Å². The number of thiazole rings is 1. The van der Waals surface area contributed by atoms with Gasteiger partial charge in [-0.3, -0.25) is 0 Å². The van der Waals surface area contributed by atoms with Crippen molar-refractivity contribution in [2.75, 3.05) is 25.6 Å². The molecule has 0 bridgehead atoms. The molecule has 1 aromatic carbocycles. The summed E-state index contributed by atoms with van der Waals surface area (Å²) in [7, 11) is -3.23. The number of rotatable bonds is 7. The van der Waals surface area contributed by atoms with Crippen molar-refractivity contribution in [3.63, 3.8) is 0 Å². The van der Waals surface area contributed by atoms with Crippen molar-refractivity contribution >= 4 is 21.4 Å². The summed E-state index contributed by atoms with van der Waals surface area (Å²) in [4.78, 5) is 4.28. The summed E-state index contributed by atoms with van der Waals surface area (Å²) in [5.74, 6) is 0.825. The lowest BCUT2D eigenvalue weighted by atomic mass is 9.98. The molecule has 0 spiro atoms. The van der Waals surface area contributed by atoms with Gasteiger partial charge in [-0.15, -0.1) is 11.3 Å². The number of nitrogens with zero attached hydrogens (tertiary/aromatic N) is 1. The van der Waals surface area contributed by atoms with E-state index in [1.165, 1.54) is 0 Å². The number of aromatic nitrogens is 1. The van der Waals surface area contributed by atoms with Crippen LogP contribution in [-0.2, 0) is 14.8 Å². The van der Waals surface area contributed by atoms with E-state index in [-0.39, 0.29) is 17.7 Å². The first kappa shape index (κ1) is 18.3. The molecule has 0 aliphatic carbocycles. The maximum atomic E-state index is 11.8. The predicted octanol–water partition coefficient (Wildman–Crippen LogP) is 2.53. The second-order valence-corrected chi connectivity index (χ2v) is 8.72. The molecule has 136 valence electrons. The molecule has 1 saturated heterocycles. The van der Waals surface area contributed by atoms with Gasteiger partial charge in [-0.05, 0) is 37.6 Å². The topological polar surface area (TPSA) is 77.5 Å². The SMILES string of the molecule is CCS(=O)(=O)NC1CCOCC1COc1ccc(-c2cscn2)cc1. The minimum absolute atomic E-state index is 0.00621. The molecule has 1 aromatic heterocycles. The van der Waals surface area contributed by atoms with E-state index in [2.05, 4.69) is 9.71 Å². The Morgan fingerprint density at radius 2 is 2.16 bits per heavy atom. The molecule has 2 heterocycles. The number of hydrogen-bond donors (Lipinski definition) is 1. The highest BCUT2D eigenvalue weighted by molar-refractivity contribution is 7.89. The largest absolute Gasteiger partial charge is 0.493 e. The average Bonchev–Trinajstić information content (AvgIpc) is 3.16. The third kappa shape index (κ3) is 5.01. The number of hydrogen-bond acceptors (Lipinski definition) is 6. The highest BCUT2D eigenvalue weighted by atomic mass is 32.2. The summed E-state index contributed by atoms with van der Waals surface area (Å²) in [5.41, 5.74) is 3.80. The van der Waals surface area contributed by atoms with Crippen LogP contribution in [0.25, 0.3) is 11.3 Å². The van der Waals surface area contributed by atoms with Crippen molar-refractivity contribution in [3.05, 3.63) is 35.2 Å². The van der Waals surface area contributed by atoms with Crippen molar-refractivity contribution < 1.29 is 17.9 Å². The lowest BCUT2D eigenvalue weighted by molar-refractivity contribution is 0.0186. The first-order valence-corrected chi connectivity index (χ1v) is 10.9. The second-order valence-electron chi connectivity index (χ2n) is 5.96. The molecule has 1 aliphatic heterocycles. The highest BCUT2D eigenvalue weighted by Crippen LogP contribution is 2.23. The summed E-state index contributed by atoms with van der Waals surface area (Å²) in [6.07, 6.45) is 0.663.